The van der Waals surface area contributed by atoms with Gasteiger partial charge in [-0.1, -0.05) is 0 Å². The van der Waals surface area contributed by atoms with E-state index in [1.165, 1.54) is 0 Å². The Bertz CT molecular complexity index is 727. The van der Waals surface area contributed by atoms with Crippen LogP contribution >= 0.6 is 0 Å². The predicted molar refractivity (Wildman–Crippen MR) is 86.5 cm³/mol. The molecular weight excluding hydrogens is 292 g/mol. The van der Waals surface area contributed by atoms with Crippen molar-refractivity contribution in [1.82, 2.24) is 19.7 Å². The van der Waals surface area contributed by atoms with Gasteiger partial charge < -0.3 is 9.80 Å². The lowest BCUT2D eigenvalue weighted by Gasteiger charge is -2.17. The van der Waals surface area contributed by atoms with E-state index in [-0.39, 0.29) is 5.91 Å². The molecule has 0 N–H and O–H groups in total. The molecule has 23 heavy (non-hydrogen) atoms. The number of amides is 1. The van der Waals surface area contributed by atoms with Gasteiger partial charge in [0, 0.05) is 38.4 Å². The monoisotopic (exact) mass is 312 g/mol. The average Bonchev–Trinajstić information content (AvgIpc) is 3.26. The molecular formula is C16H20N6O. The number of aryl methyl sites for hydroxylation is 1. The lowest BCUT2D eigenvalue weighted by molar-refractivity contribution is -0.117. The topological polar surface area (TPSA) is 67.2 Å². The molecule has 4 heterocycles. The Balaban J connectivity index is 1.48. The van der Waals surface area contributed by atoms with Gasteiger partial charge in [0.05, 0.1) is 29.8 Å². The van der Waals surface area contributed by atoms with Gasteiger partial charge in [0.25, 0.3) is 0 Å². The van der Waals surface area contributed by atoms with Gasteiger partial charge in [-0.05, 0) is 19.8 Å². The van der Waals surface area contributed by atoms with Gasteiger partial charge in [-0.3, -0.25) is 14.5 Å². The van der Waals surface area contributed by atoms with E-state index in [1.807, 2.05) is 28.9 Å². The summed E-state index contributed by atoms with van der Waals surface area (Å²) in [7, 11) is 0. The number of aromatic nitrogens is 4. The Hall–Kier alpha value is -2.44. The third kappa shape index (κ3) is 2.67. The Morgan fingerprint density at radius 2 is 2.13 bits per heavy atom. The van der Waals surface area contributed by atoms with Crippen LogP contribution in [0, 0.1) is 6.92 Å². The van der Waals surface area contributed by atoms with Crippen molar-refractivity contribution in [3.8, 4) is 0 Å². The molecule has 120 valence electrons. The molecule has 2 aromatic heterocycles. The van der Waals surface area contributed by atoms with Crippen LogP contribution in [0.15, 0.2) is 24.8 Å². The lowest BCUT2D eigenvalue weighted by Crippen LogP contribution is -2.23. The molecule has 7 nitrogen and oxygen atoms in total. The fourth-order valence-corrected chi connectivity index (χ4v) is 3.36. The summed E-state index contributed by atoms with van der Waals surface area (Å²) in [6.45, 7) is 4.57. The molecule has 1 amide bonds. The molecule has 2 aliphatic rings. The maximum atomic E-state index is 11.8. The van der Waals surface area contributed by atoms with Crippen molar-refractivity contribution in [2.45, 2.75) is 32.2 Å². The van der Waals surface area contributed by atoms with Gasteiger partial charge in [0.15, 0.2) is 0 Å². The van der Waals surface area contributed by atoms with Gasteiger partial charge in [0.2, 0.25) is 5.91 Å². The molecule has 2 saturated heterocycles. The molecule has 2 aliphatic heterocycles. The Kier molecular flexibility index (Phi) is 3.48. The van der Waals surface area contributed by atoms with Crippen LogP contribution in [-0.4, -0.2) is 45.3 Å². The van der Waals surface area contributed by atoms with Crippen LogP contribution < -0.4 is 9.80 Å². The van der Waals surface area contributed by atoms with E-state index in [0.29, 0.717) is 12.5 Å². The van der Waals surface area contributed by atoms with Crippen molar-refractivity contribution in [2.24, 2.45) is 0 Å². The highest BCUT2D eigenvalue weighted by molar-refractivity contribution is 5.95. The van der Waals surface area contributed by atoms with Crippen molar-refractivity contribution < 1.29 is 4.79 Å². The molecule has 2 fully saturated rings. The zero-order chi connectivity index (χ0) is 15.8. The van der Waals surface area contributed by atoms with Crippen LogP contribution in [-0.2, 0) is 4.79 Å². The maximum absolute atomic E-state index is 11.8. The molecule has 2 aromatic rings. The minimum absolute atomic E-state index is 0.202. The van der Waals surface area contributed by atoms with Crippen LogP contribution in [0.2, 0.25) is 0 Å². The lowest BCUT2D eigenvalue weighted by atomic mass is 10.3. The second-order valence-corrected chi connectivity index (χ2v) is 6.23. The Morgan fingerprint density at radius 3 is 2.91 bits per heavy atom. The first-order valence-corrected chi connectivity index (χ1v) is 8.09. The number of carbonyl (C=O) groups excluding carboxylic acids is 1. The SMILES string of the molecule is Cc1cncc(N2CCC(n3cc(N4CCCC4=O)cn3)C2)n1. The van der Waals surface area contributed by atoms with E-state index in [2.05, 4.69) is 20.0 Å². The quantitative estimate of drug-likeness (QED) is 0.860. The average molecular weight is 312 g/mol. The van der Waals surface area contributed by atoms with Gasteiger partial charge in [0.1, 0.15) is 5.82 Å². The summed E-state index contributed by atoms with van der Waals surface area (Å²) >= 11 is 0. The maximum Gasteiger partial charge on any atom is 0.227 e. The van der Waals surface area contributed by atoms with Gasteiger partial charge in [-0.2, -0.15) is 5.10 Å². The zero-order valence-corrected chi connectivity index (χ0v) is 13.2. The summed E-state index contributed by atoms with van der Waals surface area (Å²) in [5.41, 5.74) is 1.85. The van der Waals surface area contributed by atoms with Crippen LogP contribution in [0.4, 0.5) is 11.5 Å². The van der Waals surface area contributed by atoms with Crippen LogP contribution in [0.3, 0.4) is 0 Å². The molecule has 0 bridgehead atoms. The van der Waals surface area contributed by atoms with E-state index < -0.39 is 0 Å². The highest BCUT2D eigenvalue weighted by Gasteiger charge is 2.28. The van der Waals surface area contributed by atoms with E-state index in [9.17, 15) is 4.79 Å². The molecule has 0 spiro atoms. The van der Waals surface area contributed by atoms with E-state index >= 15 is 0 Å². The zero-order valence-electron chi connectivity index (χ0n) is 13.2. The summed E-state index contributed by atoms with van der Waals surface area (Å²) in [4.78, 5) is 24.7. The molecule has 0 radical (unpaired) electrons. The molecule has 0 aliphatic carbocycles. The molecule has 1 unspecified atom stereocenters. The van der Waals surface area contributed by atoms with E-state index in [0.717, 1.165) is 49.7 Å². The van der Waals surface area contributed by atoms with E-state index in [1.54, 1.807) is 12.4 Å². The summed E-state index contributed by atoms with van der Waals surface area (Å²) in [5, 5.41) is 4.48. The van der Waals surface area contributed by atoms with Crippen LogP contribution in [0.1, 0.15) is 31.0 Å². The standard InChI is InChI=1S/C16H20N6O/c1-12-7-17-9-15(19-12)20-6-4-13(10-20)22-11-14(8-18-22)21-5-2-3-16(21)23/h7-9,11,13H,2-6,10H2,1H3. The number of rotatable bonds is 3. The predicted octanol–water partition coefficient (Wildman–Crippen LogP) is 1.56. The Morgan fingerprint density at radius 1 is 1.22 bits per heavy atom. The van der Waals surface area contributed by atoms with Crippen molar-refractivity contribution in [1.29, 1.82) is 0 Å². The molecule has 4 rings (SSSR count). The van der Waals surface area contributed by atoms with Crippen molar-refractivity contribution in [3.05, 3.63) is 30.5 Å². The largest absolute Gasteiger partial charge is 0.353 e. The smallest absolute Gasteiger partial charge is 0.227 e. The summed E-state index contributed by atoms with van der Waals surface area (Å²) in [5.74, 6) is 1.13. The van der Waals surface area contributed by atoms with E-state index in [4.69, 9.17) is 0 Å². The van der Waals surface area contributed by atoms with Crippen molar-refractivity contribution >= 4 is 17.4 Å². The van der Waals surface area contributed by atoms with Gasteiger partial charge >= 0.3 is 0 Å². The molecule has 1 atom stereocenters. The molecule has 0 saturated carbocycles. The molecule has 0 aromatic carbocycles. The van der Waals surface area contributed by atoms with Crippen LogP contribution in [0.5, 0.6) is 0 Å². The normalized spacial score (nSPS) is 21.4. The number of hydrogen-bond donors (Lipinski definition) is 0. The number of anilines is 2. The summed E-state index contributed by atoms with van der Waals surface area (Å²) in [6, 6.07) is 0.309. The number of carbonyl (C=O) groups is 1. The first-order chi connectivity index (χ1) is 11.2. The van der Waals surface area contributed by atoms with Crippen molar-refractivity contribution in [3.63, 3.8) is 0 Å². The minimum atomic E-state index is 0.202. The fraction of sp³-hybridized carbons (Fsp3) is 0.500. The highest BCUT2D eigenvalue weighted by atomic mass is 16.2. The number of nitrogens with zero attached hydrogens (tertiary/aromatic N) is 6. The third-order valence-corrected chi connectivity index (χ3v) is 4.58. The first kappa shape index (κ1) is 14.2. The van der Waals surface area contributed by atoms with Gasteiger partial charge in [-0.15, -0.1) is 0 Å². The van der Waals surface area contributed by atoms with Gasteiger partial charge in [-0.25, -0.2) is 4.98 Å². The summed E-state index contributed by atoms with van der Waals surface area (Å²) < 4.78 is 1.99. The van der Waals surface area contributed by atoms with Crippen molar-refractivity contribution in [2.75, 3.05) is 29.4 Å². The first-order valence-electron chi connectivity index (χ1n) is 8.09. The third-order valence-electron chi connectivity index (χ3n) is 4.58. The second-order valence-electron chi connectivity index (χ2n) is 6.23. The number of hydrogen-bond acceptors (Lipinski definition) is 5. The molecule has 7 heteroatoms. The second kappa shape index (κ2) is 5.64. The minimum Gasteiger partial charge on any atom is -0.353 e. The highest BCUT2D eigenvalue weighted by Crippen LogP contribution is 2.27. The Labute approximate surface area is 134 Å². The summed E-state index contributed by atoms with van der Waals surface area (Å²) in [6.07, 6.45) is 9.99. The van der Waals surface area contributed by atoms with Crippen LogP contribution in [0.25, 0.3) is 0 Å². The fourth-order valence-electron chi connectivity index (χ4n) is 3.36.